The molecule has 0 radical (unpaired) electrons. The van der Waals surface area contributed by atoms with Crippen LogP contribution in [0.3, 0.4) is 0 Å². The van der Waals surface area contributed by atoms with E-state index in [2.05, 4.69) is 27.4 Å². The second-order valence-corrected chi connectivity index (χ2v) is 5.10. The Hall–Kier alpha value is -1.59. The van der Waals surface area contributed by atoms with Crippen LogP contribution >= 0.6 is 0 Å². The number of aromatic nitrogens is 3. The maximum absolute atomic E-state index is 11.7. The second-order valence-electron chi connectivity index (χ2n) is 5.10. The normalized spacial score (nSPS) is 18.9. The average Bonchev–Trinajstić information content (AvgIpc) is 2.74. The summed E-state index contributed by atoms with van der Waals surface area (Å²) in [5, 5.41) is 9.03. The van der Waals surface area contributed by atoms with E-state index >= 15 is 0 Å². The molecule has 1 heterocycles. The Morgan fingerprint density at radius 3 is 2.76 bits per heavy atom. The van der Waals surface area contributed by atoms with E-state index in [0.717, 1.165) is 0 Å². The summed E-state index contributed by atoms with van der Waals surface area (Å²) in [5.41, 5.74) is 5.57. The highest BCUT2D eigenvalue weighted by Crippen LogP contribution is 2.34. The molecule has 1 aromatic heterocycles. The molecule has 1 aromatic rings. The van der Waals surface area contributed by atoms with Gasteiger partial charge in [-0.2, -0.15) is 4.98 Å². The number of carbonyl (C=O) groups excluding carboxylic acids is 1. The van der Waals surface area contributed by atoms with Crippen LogP contribution in [0, 0.1) is 5.41 Å². The molecular formula is C11H19N5O. The van der Waals surface area contributed by atoms with Gasteiger partial charge >= 0.3 is 0 Å². The van der Waals surface area contributed by atoms with Crippen LogP contribution in [0.15, 0.2) is 0 Å². The zero-order valence-corrected chi connectivity index (χ0v) is 10.1. The summed E-state index contributed by atoms with van der Waals surface area (Å²) in [5.74, 6) is 0.0435. The van der Waals surface area contributed by atoms with E-state index in [-0.39, 0.29) is 23.1 Å². The molecule has 6 heteroatoms. The Bertz CT molecular complexity index is 394. The van der Waals surface area contributed by atoms with Crippen LogP contribution in [0.4, 0.5) is 5.95 Å². The van der Waals surface area contributed by atoms with Crippen LogP contribution in [0.2, 0.25) is 0 Å². The summed E-state index contributed by atoms with van der Waals surface area (Å²) < 4.78 is 0. The molecule has 4 N–H and O–H groups in total. The lowest BCUT2D eigenvalue weighted by atomic mass is 9.76. The van der Waals surface area contributed by atoms with Crippen LogP contribution in [0.5, 0.6) is 0 Å². The molecule has 6 nitrogen and oxygen atoms in total. The first kappa shape index (κ1) is 11.9. The van der Waals surface area contributed by atoms with E-state index in [9.17, 15) is 4.79 Å². The molecule has 94 valence electrons. The van der Waals surface area contributed by atoms with Crippen molar-refractivity contribution in [3.05, 3.63) is 5.82 Å². The van der Waals surface area contributed by atoms with Gasteiger partial charge in [-0.3, -0.25) is 9.89 Å². The Balaban J connectivity index is 1.87. The maximum Gasteiger partial charge on any atom is 0.288 e. The van der Waals surface area contributed by atoms with Gasteiger partial charge in [0.25, 0.3) is 5.91 Å². The Morgan fingerprint density at radius 2 is 2.18 bits per heavy atom. The molecule has 1 aliphatic carbocycles. The number of hydrogen-bond donors (Lipinski definition) is 3. The van der Waals surface area contributed by atoms with E-state index in [4.69, 9.17) is 5.73 Å². The van der Waals surface area contributed by atoms with Crippen LogP contribution in [0.25, 0.3) is 0 Å². The summed E-state index contributed by atoms with van der Waals surface area (Å²) in [6.07, 6.45) is 6.16. The number of hydrogen-bond acceptors (Lipinski definition) is 4. The van der Waals surface area contributed by atoms with Crippen molar-refractivity contribution < 1.29 is 4.79 Å². The number of carbonyl (C=O) groups is 1. The number of rotatable bonds is 3. The number of anilines is 1. The minimum Gasteiger partial charge on any atom is -0.366 e. The largest absolute Gasteiger partial charge is 0.366 e. The van der Waals surface area contributed by atoms with Gasteiger partial charge in [0.05, 0.1) is 0 Å². The first-order valence-corrected chi connectivity index (χ1v) is 6.05. The molecule has 2 rings (SSSR count). The number of nitrogen functional groups attached to an aromatic ring is 1. The monoisotopic (exact) mass is 237 g/mol. The van der Waals surface area contributed by atoms with Crippen LogP contribution in [-0.2, 0) is 0 Å². The SMILES string of the molecule is CC1(CNC(=O)c2nc(N)n[nH]2)CCCCC1. The van der Waals surface area contributed by atoms with Crippen molar-refractivity contribution in [3.63, 3.8) is 0 Å². The van der Waals surface area contributed by atoms with Gasteiger partial charge in [-0.1, -0.05) is 26.2 Å². The topological polar surface area (TPSA) is 96.7 Å². The summed E-state index contributed by atoms with van der Waals surface area (Å²) in [6, 6.07) is 0. The molecule has 0 spiro atoms. The van der Waals surface area contributed by atoms with Crippen LogP contribution in [0.1, 0.15) is 49.6 Å². The predicted octanol–water partition coefficient (Wildman–Crippen LogP) is 1.09. The molecule has 1 aliphatic rings. The fourth-order valence-corrected chi connectivity index (χ4v) is 2.34. The molecular weight excluding hydrogens is 218 g/mol. The molecule has 0 atom stereocenters. The van der Waals surface area contributed by atoms with Gasteiger partial charge in [-0.15, -0.1) is 5.10 Å². The summed E-state index contributed by atoms with van der Waals surface area (Å²) >= 11 is 0. The van der Waals surface area contributed by atoms with Gasteiger partial charge in [0, 0.05) is 6.54 Å². The van der Waals surface area contributed by atoms with Crippen molar-refractivity contribution in [3.8, 4) is 0 Å². The maximum atomic E-state index is 11.7. The van der Waals surface area contributed by atoms with Gasteiger partial charge in [0.2, 0.25) is 11.8 Å². The summed E-state index contributed by atoms with van der Waals surface area (Å²) in [7, 11) is 0. The molecule has 0 aliphatic heterocycles. The molecule has 1 fully saturated rings. The molecule has 0 bridgehead atoms. The molecule has 17 heavy (non-hydrogen) atoms. The number of nitrogens with one attached hydrogen (secondary N) is 2. The third-order valence-electron chi connectivity index (χ3n) is 3.45. The zero-order chi connectivity index (χ0) is 12.3. The quantitative estimate of drug-likeness (QED) is 0.733. The fourth-order valence-electron chi connectivity index (χ4n) is 2.34. The lowest BCUT2D eigenvalue weighted by Gasteiger charge is -2.33. The second kappa shape index (κ2) is 4.73. The van der Waals surface area contributed by atoms with E-state index in [1.165, 1.54) is 32.1 Å². The number of H-pyrrole nitrogens is 1. The zero-order valence-electron chi connectivity index (χ0n) is 10.1. The van der Waals surface area contributed by atoms with Crippen molar-refractivity contribution in [2.24, 2.45) is 5.41 Å². The molecule has 1 amide bonds. The first-order chi connectivity index (χ1) is 8.09. The van der Waals surface area contributed by atoms with E-state index in [1.807, 2.05) is 0 Å². The summed E-state index contributed by atoms with van der Waals surface area (Å²) in [6.45, 7) is 2.91. The third kappa shape index (κ3) is 2.95. The third-order valence-corrected chi connectivity index (χ3v) is 3.45. The molecule has 0 saturated heterocycles. The van der Waals surface area contributed by atoms with Crippen LogP contribution < -0.4 is 11.1 Å². The predicted molar refractivity (Wildman–Crippen MR) is 64.3 cm³/mol. The van der Waals surface area contributed by atoms with Crippen molar-refractivity contribution in [2.75, 3.05) is 12.3 Å². The van der Waals surface area contributed by atoms with Gasteiger partial charge in [-0.05, 0) is 18.3 Å². The highest BCUT2D eigenvalue weighted by atomic mass is 16.2. The van der Waals surface area contributed by atoms with Crippen LogP contribution in [-0.4, -0.2) is 27.6 Å². The lowest BCUT2D eigenvalue weighted by Crippen LogP contribution is -2.37. The van der Waals surface area contributed by atoms with Crippen molar-refractivity contribution in [1.82, 2.24) is 20.5 Å². The number of aromatic amines is 1. The van der Waals surface area contributed by atoms with Crippen molar-refractivity contribution in [2.45, 2.75) is 39.0 Å². The summed E-state index contributed by atoms with van der Waals surface area (Å²) in [4.78, 5) is 15.5. The standard InChI is InChI=1S/C11H19N5O/c1-11(5-3-2-4-6-11)7-13-9(17)8-14-10(12)16-15-8/h2-7H2,1H3,(H,13,17)(H3,12,14,15,16). The Labute approximate surface area is 100 Å². The highest BCUT2D eigenvalue weighted by Gasteiger charge is 2.27. The van der Waals surface area contributed by atoms with E-state index in [0.29, 0.717) is 6.54 Å². The molecule has 0 unspecified atom stereocenters. The molecule has 1 saturated carbocycles. The van der Waals surface area contributed by atoms with Crippen molar-refractivity contribution >= 4 is 11.9 Å². The Kier molecular flexibility index (Phi) is 3.31. The smallest absolute Gasteiger partial charge is 0.288 e. The minimum atomic E-state index is -0.235. The van der Waals surface area contributed by atoms with Crippen molar-refractivity contribution in [1.29, 1.82) is 0 Å². The minimum absolute atomic E-state index is 0.0963. The first-order valence-electron chi connectivity index (χ1n) is 6.05. The van der Waals surface area contributed by atoms with Gasteiger partial charge in [-0.25, -0.2) is 0 Å². The lowest BCUT2D eigenvalue weighted by molar-refractivity contribution is 0.0909. The van der Waals surface area contributed by atoms with E-state index < -0.39 is 0 Å². The fraction of sp³-hybridized carbons (Fsp3) is 0.727. The Morgan fingerprint density at radius 1 is 1.47 bits per heavy atom. The number of nitrogens with two attached hydrogens (primary N) is 1. The number of nitrogens with zero attached hydrogens (tertiary/aromatic N) is 2. The number of amides is 1. The van der Waals surface area contributed by atoms with Gasteiger partial charge in [0.1, 0.15) is 0 Å². The van der Waals surface area contributed by atoms with E-state index in [1.54, 1.807) is 0 Å². The average molecular weight is 237 g/mol. The van der Waals surface area contributed by atoms with Gasteiger partial charge < -0.3 is 11.1 Å². The molecule has 0 aromatic carbocycles. The highest BCUT2D eigenvalue weighted by molar-refractivity contribution is 5.90. The van der Waals surface area contributed by atoms with Gasteiger partial charge in [0.15, 0.2) is 0 Å².